The maximum atomic E-state index is 13.3. The van der Waals surface area contributed by atoms with E-state index in [9.17, 15) is 12.8 Å². The first-order valence-corrected chi connectivity index (χ1v) is 8.66. The number of halogens is 1. The Morgan fingerprint density at radius 1 is 1.26 bits per heavy atom. The van der Waals surface area contributed by atoms with Crippen molar-refractivity contribution in [3.05, 3.63) is 53.6 Å². The molecule has 0 unspecified atom stereocenters. The van der Waals surface area contributed by atoms with E-state index in [0.717, 1.165) is 5.56 Å². The number of benzene rings is 1. The molecule has 126 valence electrons. The predicted octanol–water partition coefficient (Wildman–Crippen LogP) is 1.76. The molecule has 1 aromatic heterocycles. The molecular weight excluding hydrogens is 319 g/mol. The summed E-state index contributed by atoms with van der Waals surface area (Å²) in [5.41, 5.74) is 1.42. The Morgan fingerprint density at radius 3 is 2.57 bits per heavy atom. The summed E-state index contributed by atoms with van der Waals surface area (Å²) in [5, 5.41) is 4.03. The lowest BCUT2D eigenvalue weighted by Gasteiger charge is -2.26. The number of aromatic nitrogens is 2. The predicted molar refractivity (Wildman–Crippen MR) is 86.1 cm³/mol. The maximum absolute atomic E-state index is 13.3. The molecule has 0 saturated heterocycles. The fraction of sp³-hybridized carbons (Fsp3) is 0.400. The third-order valence-electron chi connectivity index (χ3n) is 3.48. The number of nitrogens with zero attached hydrogens (tertiary/aromatic N) is 4. The average molecular weight is 340 g/mol. The van der Waals surface area contributed by atoms with Crippen molar-refractivity contribution in [2.45, 2.75) is 20.0 Å². The zero-order chi connectivity index (χ0) is 17.0. The van der Waals surface area contributed by atoms with E-state index in [0.29, 0.717) is 12.1 Å². The Labute approximate surface area is 136 Å². The minimum absolute atomic E-state index is 0.133. The van der Waals surface area contributed by atoms with Gasteiger partial charge in [0.25, 0.3) is 10.2 Å². The van der Waals surface area contributed by atoms with Crippen molar-refractivity contribution >= 4 is 10.2 Å². The van der Waals surface area contributed by atoms with E-state index < -0.39 is 10.2 Å². The molecular formula is C15H21FN4O2S. The molecule has 0 bridgehead atoms. The summed E-state index contributed by atoms with van der Waals surface area (Å²) in [7, 11) is -0.341. The van der Waals surface area contributed by atoms with Gasteiger partial charge in [0.15, 0.2) is 0 Å². The third-order valence-corrected chi connectivity index (χ3v) is 5.44. The summed E-state index contributed by atoms with van der Waals surface area (Å²) in [5.74, 6) is -0.375. The Kier molecular flexibility index (Phi) is 5.51. The van der Waals surface area contributed by atoms with Gasteiger partial charge in [-0.25, -0.2) is 4.39 Å². The molecule has 0 aliphatic rings. The number of hydrogen-bond donors (Lipinski definition) is 0. The van der Waals surface area contributed by atoms with Crippen molar-refractivity contribution in [3.8, 4) is 0 Å². The minimum atomic E-state index is -3.64. The molecule has 0 aliphatic heterocycles. The molecule has 0 amide bonds. The number of rotatable bonds is 7. The van der Waals surface area contributed by atoms with Crippen LogP contribution in [0.25, 0.3) is 0 Å². The molecule has 0 atom stereocenters. The lowest BCUT2D eigenvalue weighted by molar-refractivity contribution is 0.361. The van der Waals surface area contributed by atoms with E-state index in [1.54, 1.807) is 43.2 Å². The van der Waals surface area contributed by atoms with Gasteiger partial charge in [-0.1, -0.05) is 19.1 Å². The van der Waals surface area contributed by atoms with E-state index in [1.807, 2.05) is 0 Å². The molecule has 23 heavy (non-hydrogen) atoms. The average Bonchev–Trinajstić information content (AvgIpc) is 2.89. The van der Waals surface area contributed by atoms with Crippen molar-refractivity contribution in [1.29, 1.82) is 0 Å². The van der Waals surface area contributed by atoms with Crippen LogP contribution in [0.15, 0.2) is 36.7 Å². The van der Waals surface area contributed by atoms with Gasteiger partial charge in [0.1, 0.15) is 5.82 Å². The van der Waals surface area contributed by atoms with Crippen LogP contribution in [0.5, 0.6) is 0 Å². The lowest BCUT2D eigenvalue weighted by atomic mass is 10.2. The third kappa shape index (κ3) is 4.37. The summed E-state index contributed by atoms with van der Waals surface area (Å²) >= 11 is 0. The summed E-state index contributed by atoms with van der Waals surface area (Å²) in [4.78, 5) is 0. The van der Waals surface area contributed by atoms with Gasteiger partial charge in [-0.05, 0) is 17.7 Å². The summed E-state index contributed by atoms with van der Waals surface area (Å²) in [6.07, 6.45) is 3.41. The van der Waals surface area contributed by atoms with Crippen LogP contribution < -0.4 is 0 Å². The highest BCUT2D eigenvalue weighted by atomic mass is 32.2. The van der Waals surface area contributed by atoms with Crippen molar-refractivity contribution in [2.75, 3.05) is 13.6 Å². The van der Waals surface area contributed by atoms with E-state index in [1.165, 1.54) is 27.8 Å². The van der Waals surface area contributed by atoms with Crippen molar-refractivity contribution in [3.63, 3.8) is 0 Å². The molecule has 6 nitrogen and oxygen atoms in total. The van der Waals surface area contributed by atoms with Gasteiger partial charge in [-0.15, -0.1) is 0 Å². The Morgan fingerprint density at radius 2 is 2.00 bits per heavy atom. The first-order valence-electron chi connectivity index (χ1n) is 7.26. The van der Waals surface area contributed by atoms with Crippen LogP contribution in [-0.4, -0.2) is 40.4 Å². The zero-order valence-electron chi connectivity index (χ0n) is 13.5. The maximum Gasteiger partial charge on any atom is 0.282 e. The number of hydrogen-bond acceptors (Lipinski definition) is 3. The first-order chi connectivity index (χ1) is 10.8. The highest BCUT2D eigenvalue weighted by Gasteiger charge is 2.26. The topological polar surface area (TPSA) is 58.4 Å². The minimum Gasteiger partial charge on any atom is -0.275 e. The molecule has 2 aromatic rings. The molecule has 0 radical (unpaired) electrons. The fourth-order valence-electron chi connectivity index (χ4n) is 2.28. The van der Waals surface area contributed by atoms with Crippen LogP contribution >= 0.6 is 0 Å². The van der Waals surface area contributed by atoms with Crippen LogP contribution in [-0.2, 0) is 30.3 Å². The summed E-state index contributed by atoms with van der Waals surface area (Å²) in [6.45, 7) is 2.43. The zero-order valence-corrected chi connectivity index (χ0v) is 14.3. The first kappa shape index (κ1) is 17.6. The Bertz CT molecular complexity index is 760. The molecule has 0 aliphatic carbocycles. The van der Waals surface area contributed by atoms with Gasteiger partial charge in [0.05, 0.1) is 6.20 Å². The molecule has 2 rings (SSSR count). The SMILES string of the molecule is CCN(Cc1cccc(F)c1)S(=O)(=O)N(C)Cc1cnn(C)c1. The second-order valence-electron chi connectivity index (χ2n) is 5.34. The summed E-state index contributed by atoms with van der Waals surface area (Å²) in [6, 6.07) is 5.97. The van der Waals surface area contributed by atoms with Gasteiger partial charge >= 0.3 is 0 Å². The monoisotopic (exact) mass is 340 g/mol. The van der Waals surface area contributed by atoms with E-state index >= 15 is 0 Å². The second-order valence-corrected chi connectivity index (χ2v) is 7.38. The lowest BCUT2D eigenvalue weighted by Crippen LogP contribution is -2.41. The fourth-order valence-corrected chi connectivity index (χ4v) is 3.63. The quantitative estimate of drug-likeness (QED) is 0.772. The normalized spacial score (nSPS) is 12.3. The van der Waals surface area contributed by atoms with Crippen LogP contribution in [0.3, 0.4) is 0 Å². The Balaban J connectivity index is 2.14. The molecule has 0 spiro atoms. The smallest absolute Gasteiger partial charge is 0.275 e. The second kappa shape index (κ2) is 7.20. The summed E-state index contributed by atoms with van der Waals surface area (Å²) < 4.78 is 42.9. The molecule has 1 aromatic carbocycles. The van der Waals surface area contributed by atoms with E-state index in [4.69, 9.17) is 0 Å². The molecule has 0 saturated carbocycles. The highest BCUT2D eigenvalue weighted by Crippen LogP contribution is 2.15. The van der Waals surface area contributed by atoms with Crippen LogP contribution in [0.1, 0.15) is 18.1 Å². The van der Waals surface area contributed by atoms with E-state index in [2.05, 4.69) is 5.10 Å². The number of aryl methyl sites for hydroxylation is 1. The van der Waals surface area contributed by atoms with Crippen LogP contribution in [0.2, 0.25) is 0 Å². The largest absolute Gasteiger partial charge is 0.282 e. The van der Waals surface area contributed by atoms with Crippen molar-refractivity contribution in [2.24, 2.45) is 7.05 Å². The van der Waals surface area contributed by atoms with Crippen molar-refractivity contribution in [1.82, 2.24) is 18.4 Å². The van der Waals surface area contributed by atoms with Gasteiger partial charge in [-0.3, -0.25) is 4.68 Å². The Hall–Kier alpha value is -1.77. The van der Waals surface area contributed by atoms with Crippen molar-refractivity contribution < 1.29 is 12.8 Å². The standard InChI is InChI=1S/C15H21FN4O2S/c1-4-20(12-13-6-5-7-15(16)8-13)23(21,22)19(3)11-14-9-17-18(2)10-14/h5-10H,4,11-12H2,1-3H3. The molecule has 1 heterocycles. The van der Waals surface area contributed by atoms with Gasteiger partial charge in [0, 0.05) is 45.5 Å². The van der Waals surface area contributed by atoms with Crippen LogP contribution in [0.4, 0.5) is 4.39 Å². The van der Waals surface area contributed by atoms with E-state index in [-0.39, 0.29) is 18.9 Å². The van der Waals surface area contributed by atoms with Gasteiger partial charge < -0.3 is 0 Å². The molecule has 0 N–H and O–H groups in total. The van der Waals surface area contributed by atoms with Crippen LogP contribution in [0, 0.1) is 5.82 Å². The van der Waals surface area contributed by atoms with Gasteiger partial charge in [0.2, 0.25) is 0 Å². The van der Waals surface area contributed by atoms with Gasteiger partial charge in [-0.2, -0.15) is 22.1 Å². The molecule has 8 heteroatoms. The molecule has 0 fully saturated rings. The highest BCUT2D eigenvalue weighted by molar-refractivity contribution is 7.86.